The van der Waals surface area contributed by atoms with Gasteiger partial charge in [0.15, 0.2) is 0 Å². The van der Waals surface area contributed by atoms with E-state index in [1.54, 1.807) is 20.2 Å². The standard InChI is InChI=1S/C38H56N6O8/c1-23(2)27(22-24(3)33(48)41-26(36(51)52)16-17-28(45)40-20-21-44-29(46)18-19-30(44)47)43(10)35(50)32(37(4,5)6)42-34(49)31(39-9)38(7,8)25-14-12-11-13-15-25/h11-15,18-19,22-23,26-27,31-32,39H,16-17,20-21H2,1-10H3,(H,40,45)(H,41,48)(H,42,49)(H,51,52)/b24-22+/t26-,27-,31-,32?/m1/s1. The van der Waals surface area contributed by atoms with Crippen molar-refractivity contribution in [3.05, 3.63) is 59.7 Å². The molecular weight excluding hydrogens is 668 g/mol. The number of hydrogen-bond donors (Lipinski definition) is 5. The fraction of sp³-hybridized carbons (Fsp3) is 0.553. The molecule has 0 radical (unpaired) electrons. The van der Waals surface area contributed by atoms with E-state index < -0.39 is 64.6 Å². The molecule has 1 unspecified atom stereocenters. The Morgan fingerprint density at radius 3 is 2.00 bits per heavy atom. The van der Waals surface area contributed by atoms with Gasteiger partial charge in [0.1, 0.15) is 12.1 Å². The molecule has 0 spiro atoms. The lowest BCUT2D eigenvalue weighted by molar-refractivity contribution is -0.142. The first-order valence-corrected chi connectivity index (χ1v) is 17.5. The highest BCUT2D eigenvalue weighted by Crippen LogP contribution is 2.29. The van der Waals surface area contributed by atoms with Crippen LogP contribution >= 0.6 is 0 Å². The molecule has 0 aliphatic carbocycles. The molecule has 4 atom stereocenters. The number of rotatable bonds is 18. The third-order valence-corrected chi connectivity index (χ3v) is 9.27. The second kappa shape index (κ2) is 18.6. The third kappa shape index (κ3) is 11.6. The Kier molecular flexibility index (Phi) is 15.5. The maximum Gasteiger partial charge on any atom is 0.326 e. The second-order valence-electron chi connectivity index (χ2n) is 15.1. The zero-order chi connectivity index (χ0) is 39.6. The molecule has 0 saturated carbocycles. The summed E-state index contributed by atoms with van der Waals surface area (Å²) in [4.78, 5) is 91.3. The van der Waals surface area contributed by atoms with Gasteiger partial charge in [0, 0.05) is 49.7 Å². The summed E-state index contributed by atoms with van der Waals surface area (Å²) in [5, 5.41) is 20.9. The number of nitrogens with one attached hydrogen (secondary N) is 4. The molecule has 6 amide bonds. The molecule has 1 aromatic carbocycles. The molecule has 1 heterocycles. The Hall–Kier alpha value is -4.85. The van der Waals surface area contributed by atoms with Gasteiger partial charge in [-0.25, -0.2) is 4.79 Å². The zero-order valence-corrected chi connectivity index (χ0v) is 32.0. The molecule has 286 valence electrons. The molecule has 5 N–H and O–H groups in total. The molecule has 2 rings (SSSR count). The number of carbonyl (C=O) groups excluding carboxylic acids is 6. The van der Waals surface area contributed by atoms with Crippen molar-refractivity contribution in [1.29, 1.82) is 0 Å². The predicted octanol–water partition coefficient (Wildman–Crippen LogP) is 1.90. The van der Waals surface area contributed by atoms with Crippen LogP contribution in [-0.2, 0) is 39.0 Å². The molecular formula is C38H56N6O8. The number of hydrogen-bond acceptors (Lipinski definition) is 8. The summed E-state index contributed by atoms with van der Waals surface area (Å²) < 4.78 is 0. The van der Waals surface area contributed by atoms with Gasteiger partial charge in [0.2, 0.25) is 23.6 Å². The van der Waals surface area contributed by atoms with Crippen molar-refractivity contribution in [2.75, 3.05) is 27.2 Å². The summed E-state index contributed by atoms with van der Waals surface area (Å²) in [5.41, 5.74) is -0.179. The van der Waals surface area contributed by atoms with Crippen LogP contribution in [0.3, 0.4) is 0 Å². The van der Waals surface area contributed by atoms with Gasteiger partial charge in [-0.05, 0) is 37.3 Å². The van der Waals surface area contributed by atoms with Crippen LogP contribution in [0.25, 0.3) is 0 Å². The number of carboxylic acid groups (broad SMARTS) is 1. The normalized spacial score (nSPS) is 15.9. The van der Waals surface area contributed by atoms with Crippen LogP contribution < -0.4 is 21.3 Å². The fourth-order valence-electron chi connectivity index (χ4n) is 6.01. The molecule has 1 aromatic rings. The van der Waals surface area contributed by atoms with Crippen molar-refractivity contribution in [1.82, 2.24) is 31.1 Å². The van der Waals surface area contributed by atoms with Crippen LogP contribution in [0.2, 0.25) is 0 Å². The average molecular weight is 725 g/mol. The maximum atomic E-state index is 14.2. The number of imide groups is 1. The SMILES string of the molecule is CN[C@H](C(=O)NC(C(=O)N(C)[C@H](/C=C(\C)C(=O)N[C@H](CCC(=O)NCCN1C(=O)C=CC1=O)C(=O)O)C(C)C)C(C)(C)C)C(C)(C)c1ccccc1. The average Bonchev–Trinajstić information content (AvgIpc) is 3.39. The summed E-state index contributed by atoms with van der Waals surface area (Å²) in [5.74, 6) is -4.35. The largest absolute Gasteiger partial charge is 0.480 e. The third-order valence-electron chi connectivity index (χ3n) is 9.27. The zero-order valence-electron chi connectivity index (χ0n) is 32.0. The van der Waals surface area contributed by atoms with Crippen molar-refractivity contribution in [3.8, 4) is 0 Å². The quantitative estimate of drug-likeness (QED) is 0.111. The van der Waals surface area contributed by atoms with Gasteiger partial charge in [0.25, 0.3) is 11.8 Å². The minimum atomic E-state index is -1.38. The maximum absolute atomic E-state index is 14.2. The minimum Gasteiger partial charge on any atom is -0.480 e. The Bertz CT molecular complexity index is 1530. The smallest absolute Gasteiger partial charge is 0.326 e. The number of carbonyl (C=O) groups is 7. The van der Waals surface area contributed by atoms with Crippen LogP contribution in [0.5, 0.6) is 0 Å². The lowest BCUT2D eigenvalue weighted by Crippen LogP contribution is -2.61. The van der Waals surface area contributed by atoms with E-state index in [0.717, 1.165) is 22.6 Å². The van der Waals surface area contributed by atoms with Gasteiger partial charge < -0.3 is 31.3 Å². The number of benzene rings is 1. The van der Waals surface area contributed by atoms with Crippen molar-refractivity contribution < 1.29 is 38.7 Å². The number of amides is 6. The van der Waals surface area contributed by atoms with E-state index in [1.165, 1.54) is 11.8 Å². The number of carboxylic acids is 1. The predicted molar refractivity (Wildman–Crippen MR) is 197 cm³/mol. The number of likely N-dealkylation sites (N-methyl/N-ethyl adjacent to an activating group) is 2. The molecule has 14 heteroatoms. The highest BCUT2D eigenvalue weighted by Gasteiger charge is 2.41. The second-order valence-corrected chi connectivity index (χ2v) is 15.1. The minimum absolute atomic E-state index is 0.00569. The van der Waals surface area contributed by atoms with Crippen LogP contribution in [0.4, 0.5) is 0 Å². The molecule has 14 nitrogen and oxygen atoms in total. The first-order valence-electron chi connectivity index (χ1n) is 17.5. The number of nitrogens with zero attached hydrogens (tertiary/aromatic N) is 2. The van der Waals surface area contributed by atoms with Gasteiger partial charge in [-0.15, -0.1) is 0 Å². The Morgan fingerprint density at radius 1 is 0.923 bits per heavy atom. The summed E-state index contributed by atoms with van der Waals surface area (Å²) in [7, 11) is 3.31. The van der Waals surface area contributed by atoms with E-state index in [0.29, 0.717) is 0 Å². The van der Waals surface area contributed by atoms with Crippen molar-refractivity contribution >= 4 is 41.4 Å². The Morgan fingerprint density at radius 2 is 1.50 bits per heavy atom. The summed E-state index contributed by atoms with van der Waals surface area (Å²) in [6, 6.07) is 6.07. The molecule has 0 bridgehead atoms. The van der Waals surface area contributed by atoms with Crippen LogP contribution in [0.1, 0.15) is 73.8 Å². The monoisotopic (exact) mass is 724 g/mol. The van der Waals surface area contributed by atoms with E-state index in [4.69, 9.17) is 0 Å². The van der Waals surface area contributed by atoms with Crippen LogP contribution in [0, 0.1) is 11.3 Å². The van der Waals surface area contributed by atoms with Crippen LogP contribution in [0.15, 0.2) is 54.1 Å². The number of aliphatic carboxylic acids is 1. The van der Waals surface area contributed by atoms with E-state index in [9.17, 15) is 38.7 Å². The van der Waals surface area contributed by atoms with Crippen molar-refractivity contribution in [2.45, 2.75) is 97.8 Å². The molecule has 0 fully saturated rings. The molecule has 0 aromatic heterocycles. The summed E-state index contributed by atoms with van der Waals surface area (Å²) in [6.07, 6.45) is 3.42. The van der Waals surface area contributed by atoms with Crippen LogP contribution in [-0.4, -0.2) is 108 Å². The van der Waals surface area contributed by atoms with E-state index in [2.05, 4.69) is 21.3 Å². The van der Waals surface area contributed by atoms with Gasteiger partial charge in [0.05, 0.1) is 12.1 Å². The van der Waals surface area contributed by atoms with Crippen molar-refractivity contribution in [2.24, 2.45) is 11.3 Å². The van der Waals surface area contributed by atoms with Gasteiger partial charge in [-0.2, -0.15) is 0 Å². The lowest BCUT2D eigenvalue weighted by Gasteiger charge is -2.40. The molecule has 1 aliphatic heterocycles. The van der Waals surface area contributed by atoms with Gasteiger partial charge >= 0.3 is 5.97 Å². The molecule has 0 saturated heterocycles. The van der Waals surface area contributed by atoms with Gasteiger partial charge in [-0.3, -0.25) is 33.7 Å². The highest BCUT2D eigenvalue weighted by atomic mass is 16.4. The summed E-state index contributed by atoms with van der Waals surface area (Å²) in [6.45, 7) is 14.7. The van der Waals surface area contributed by atoms with Crippen molar-refractivity contribution in [3.63, 3.8) is 0 Å². The van der Waals surface area contributed by atoms with E-state index in [1.807, 2.05) is 78.8 Å². The summed E-state index contributed by atoms with van der Waals surface area (Å²) >= 11 is 0. The van der Waals surface area contributed by atoms with E-state index >= 15 is 0 Å². The fourth-order valence-corrected chi connectivity index (χ4v) is 6.01. The Labute approximate surface area is 306 Å². The first kappa shape index (κ1) is 43.3. The Balaban J connectivity index is 2.14. The molecule has 52 heavy (non-hydrogen) atoms. The van der Waals surface area contributed by atoms with Gasteiger partial charge in [-0.1, -0.05) is 84.9 Å². The topological polar surface area (TPSA) is 194 Å². The molecule has 1 aliphatic rings. The van der Waals surface area contributed by atoms with E-state index in [-0.39, 0.29) is 49.2 Å². The highest BCUT2D eigenvalue weighted by molar-refractivity contribution is 6.12. The lowest BCUT2D eigenvalue weighted by atomic mass is 9.76. The first-order chi connectivity index (χ1) is 24.1.